The predicted molar refractivity (Wildman–Crippen MR) is 70.0 cm³/mol. The maximum absolute atomic E-state index is 13.7. The summed E-state index contributed by atoms with van der Waals surface area (Å²) >= 11 is 0. The molecule has 2 unspecified atom stereocenters. The number of benzene rings is 1. The van der Waals surface area contributed by atoms with Gasteiger partial charge in [0, 0.05) is 18.7 Å². The molecule has 2 N–H and O–H groups in total. The summed E-state index contributed by atoms with van der Waals surface area (Å²) in [6, 6.07) is 2.10. The molecule has 0 bridgehead atoms. The third-order valence-corrected chi connectivity index (χ3v) is 3.03. The third-order valence-electron chi connectivity index (χ3n) is 3.03. The molecule has 5 heteroatoms. The summed E-state index contributed by atoms with van der Waals surface area (Å²) < 4.78 is 31.9. The van der Waals surface area contributed by atoms with Gasteiger partial charge in [0.05, 0.1) is 12.7 Å². The van der Waals surface area contributed by atoms with Gasteiger partial charge in [0.1, 0.15) is 11.6 Å². The van der Waals surface area contributed by atoms with E-state index in [2.05, 4.69) is 5.32 Å². The summed E-state index contributed by atoms with van der Waals surface area (Å²) in [5, 5.41) is 12.5. The van der Waals surface area contributed by atoms with E-state index < -0.39 is 17.7 Å². The summed E-state index contributed by atoms with van der Waals surface area (Å²) in [7, 11) is 1.52. The van der Waals surface area contributed by atoms with Gasteiger partial charge in [-0.15, -0.1) is 0 Å². The van der Waals surface area contributed by atoms with Crippen molar-refractivity contribution in [2.75, 3.05) is 20.3 Å². The lowest BCUT2D eigenvalue weighted by Gasteiger charge is -2.17. The fraction of sp³-hybridized carbons (Fsp3) is 0.571. The smallest absolute Gasteiger partial charge is 0.128 e. The monoisotopic (exact) mass is 273 g/mol. The van der Waals surface area contributed by atoms with Crippen molar-refractivity contribution in [1.29, 1.82) is 0 Å². The third kappa shape index (κ3) is 4.86. The minimum atomic E-state index is -0.552. The minimum Gasteiger partial charge on any atom is -0.391 e. The number of methoxy groups -OCH3 is 1. The topological polar surface area (TPSA) is 41.5 Å². The first-order valence-corrected chi connectivity index (χ1v) is 6.31. The van der Waals surface area contributed by atoms with Crippen LogP contribution in [0.1, 0.15) is 30.5 Å². The summed E-state index contributed by atoms with van der Waals surface area (Å²) in [6.45, 7) is 4.06. The van der Waals surface area contributed by atoms with Gasteiger partial charge in [-0.3, -0.25) is 0 Å². The van der Waals surface area contributed by atoms with Crippen LogP contribution in [0.5, 0.6) is 0 Å². The van der Waals surface area contributed by atoms with Gasteiger partial charge in [0.15, 0.2) is 0 Å². The molecule has 0 saturated carbocycles. The second kappa shape index (κ2) is 7.53. The Morgan fingerprint density at radius 3 is 2.63 bits per heavy atom. The van der Waals surface area contributed by atoms with Crippen LogP contribution in [0.15, 0.2) is 12.1 Å². The number of halogens is 2. The Morgan fingerprint density at radius 2 is 2.00 bits per heavy atom. The fourth-order valence-corrected chi connectivity index (χ4v) is 1.85. The Balaban J connectivity index is 2.54. The molecule has 0 saturated heterocycles. The number of ether oxygens (including phenoxy) is 1. The zero-order chi connectivity index (χ0) is 14.4. The van der Waals surface area contributed by atoms with Gasteiger partial charge in [-0.25, -0.2) is 8.78 Å². The molecule has 1 aromatic carbocycles. The summed E-state index contributed by atoms with van der Waals surface area (Å²) in [6.07, 6.45) is -0.0574. The van der Waals surface area contributed by atoms with Crippen LogP contribution in [0.25, 0.3) is 0 Å². The van der Waals surface area contributed by atoms with E-state index in [0.29, 0.717) is 24.1 Å². The average Bonchev–Trinajstić information content (AvgIpc) is 2.34. The quantitative estimate of drug-likeness (QED) is 0.801. The van der Waals surface area contributed by atoms with Gasteiger partial charge in [-0.1, -0.05) is 0 Å². The van der Waals surface area contributed by atoms with Crippen LogP contribution in [-0.4, -0.2) is 31.5 Å². The van der Waals surface area contributed by atoms with Gasteiger partial charge in [0.25, 0.3) is 0 Å². The molecule has 19 heavy (non-hydrogen) atoms. The lowest BCUT2D eigenvalue weighted by Crippen LogP contribution is -2.26. The molecule has 0 spiro atoms. The Morgan fingerprint density at radius 1 is 1.32 bits per heavy atom. The molecule has 2 atom stereocenters. The molecular formula is C14H21F2NO2. The second-order valence-corrected chi connectivity index (χ2v) is 4.70. The lowest BCUT2D eigenvalue weighted by atomic mass is 10.0. The van der Waals surface area contributed by atoms with Crippen LogP contribution < -0.4 is 5.32 Å². The molecule has 0 aliphatic rings. The number of rotatable bonds is 7. The summed E-state index contributed by atoms with van der Waals surface area (Å²) in [4.78, 5) is 0. The molecule has 1 rings (SSSR count). The first-order valence-electron chi connectivity index (χ1n) is 6.31. The van der Waals surface area contributed by atoms with E-state index in [9.17, 15) is 13.9 Å². The highest BCUT2D eigenvalue weighted by atomic mass is 19.1. The van der Waals surface area contributed by atoms with Crippen molar-refractivity contribution < 1.29 is 18.6 Å². The van der Waals surface area contributed by atoms with Crippen LogP contribution in [-0.2, 0) is 4.74 Å². The molecule has 0 heterocycles. The average molecular weight is 273 g/mol. The highest BCUT2D eigenvalue weighted by Gasteiger charge is 2.14. The molecule has 0 amide bonds. The Bertz CT molecular complexity index is 413. The fourth-order valence-electron chi connectivity index (χ4n) is 1.85. The first-order chi connectivity index (χ1) is 8.95. The number of aryl methyl sites for hydroxylation is 1. The Hall–Kier alpha value is -1.04. The molecule has 0 aliphatic carbocycles. The van der Waals surface area contributed by atoms with Gasteiger partial charge in [-0.05, 0) is 44.5 Å². The van der Waals surface area contributed by atoms with Gasteiger partial charge < -0.3 is 15.2 Å². The Labute approximate surface area is 112 Å². The largest absolute Gasteiger partial charge is 0.391 e. The van der Waals surface area contributed by atoms with Crippen molar-refractivity contribution in [2.24, 2.45) is 0 Å². The number of hydrogen-bond acceptors (Lipinski definition) is 3. The van der Waals surface area contributed by atoms with Crippen LogP contribution >= 0.6 is 0 Å². The van der Waals surface area contributed by atoms with Crippen LogP contribution in [0.4, 0.5) is 8.78 Å². The van der Waals surface area contributed by atoms with Gasteiger partial charge in [-0.2, -0.15) is 0 Å². The normalized spacial score (nSPS) is 14.4. The standard InChI is InChI=1S/C14H21F2NO2/c1-9-6-14(16)12(7-13(9)15)10(2)17-5-4-11(18)8-19-3/h6-7,10-11,17-18H,4-5,8H2,1-3H3. The second-order valence-electron chi connectivity index (χ2n) is 4.70. The minimum absolute atomic E-state index is 0.267. The van der Waals surface area contributed by atoms with Crippen molar-refractivity contribution in [2.45, 2.75) is 32.4 Å². The van der Waals surface area contributed by atoms with Crippen molar-refractivity contribution in [1.82, 2.24) is 5.32 Å². The van der Waals surface area contributed by atoms with E-state index in [1.807, 2.05) is 0 Å². The van der Waals surface area contributed by atoms with Crippen molar-refractivity contribution in [3.63, 3.8) is 0 Å². The van der Waals surface area contributed by atoms with Gasteiger partial charge >= 0.3 is 0 Å². The molecule has 108 valence electrons. The van der Waals surface area contributed by atoms with Gasteiger partial charge in [0.2, 0.25) is 0 Å². The predicted octanol–water partition coefficient (Wildman–Crippen LogP) is 2.32. The maximum atomic E-state index is 13.7. The van der Waals surface area contributed by atoms with E-state index in [1.165, 1.54) is 26.2 Å². The molecule has 0 fully saturated rings. The van der Waals surface area contributed by atoms with Crippen LogP contribution in [0.2, 0.25) is 0 Å². The van der Waals surface area contributed by atoms with E-state index in [4.69, 9.17) is 4.74 Å². The van der Waals surface area contributed by atoms with Crippen molar-refractivity contribution >= 4 is 0 Å². The van der Waals surface area contributed by atoms with Crippen molar-refractivity contribution in [3.8, 4) is 0 Å². The summed E-state index contributed by atoms with van der Waals surface area (Å²) in [5.74, 6) is -0.833. The molecule has 0 aliphatic heterocycles. The first kappa shape index (κ1) is 16.0. The maximum Gasteiger partial charge on any atom is 0.128 e. The molecule has 0 aromatic heterocycles. The zero-order valence-electron chi connectivity index (χ0n) is 11.5. The zero-order valence-corrected chi connectivity index (χ0v) is 11.5. The number of nitrogens with one attached hydrogen (secondary N) is 1. The molecule has 1 aromatic rings. The molecule has 0 radical (unpaired) electrons. The number of aliphatic hydroxyl groups is 1. The van der Waals surface area contributed by atoms with Crippen LogP contribution in [0.3, 0.4) is 0 Å². The van der Waals surface area contributed by atoms with E-state index in [0.717, 1.165) is 0 Å². The highest BCUT2D eigenvalue weighted by Crippen LogP contribution is 2.20. The highest BCUT2D eigenvalue weighted by molar-refractivity contribution is 5.27. The lowest BCUT2D eigenvalue weighted by molar-refractivity contribution is 0.0590. The SMILES string of the molecule is COCC(O)CCNC(C)c1cc(F)c(C)cc1F. The molecule has 3 nitrogen and oxygen atoms in total. The Kier molecular flexibility index (Phi) is 6.34. The molecular weight excluding hydrogens is 252 g/mol. The van der Waals surface area contributed by atoms with Crippen molar-refractivity contribution in [3.05, 3.63) is 34.9 Å². The van der Waals surface area contributed by atoms with E-state index >= 15 is 0 Å². The van der Waals surface area contributed by atoms with Crippen LogP contribution in [0, 0.1) is 18.6 Å². The van der Waals surface area contributed by atoms with E-state index in [-0.39, 0.29) is 12.6 Å². The number of hydrogen-bond donors (Lipinski definition) is 2. The van der Waals surface area contributed by atoms with E-state index in [1.54, 1.807) is 6.92 Å². The summed E-state index contributed by atoms with van der Waals surface area (Å²) in [5.41, 5.74) is 0.591. The number of aliphatic hydroxyl groups excluding tert-OH is 1.